The van der Waals surface area contributed by atoms with E-state index in [0.717, 1.165) is 13.0 Å². The number of ether oxygens (including phenoxy) is 1. The largest absolute Gasteiger partial charge is 0.481 e. The number of hydrogen-bond donors (Lipinski definition) is 0. The van der Waals surface area contributed by atoms with Gasteiger partial charge in [-0.05, 0) is 30.2 Å². The first-order chi connectivity index (χ1) is 11.7. The molecule has 1 amide bonds. The van der Waals surface area contributed by atoms with Crippen molar-refractivity contribution in [2.24, 2.45) is 0 Å². The van der Waals surface area contributed by atoms with Crippen molar-refractivity contribution in [1.29, 1.82) is 0 Å². The fourth-order valence-electron chi connectivity index (χ4n) is 3.58. The van der Waals surface area contributed by atoms with Gasteiger partial charge in [-0.25, -0.2) is 4.39 Å². The molecule has 1 saturated heterocycles. The fourth-order valence-corrected chi connectivity index (χ4v) is 3.58. The van der Waals surface area contributed by atoms with Crippen LogP contribution in [0.5, 0.6) is 5.75 Å². The molecule has 0 spiro atoms. The number of fused-ring (bicyclic) bond motifs is 3. The van der Waals surface area contributed by atoms with Crippen LogP contribution in [0.15, 0.2) is 48.5 Å². The maximum absolute atomic E-state index is 13.6. The fraction of sp³-hybridized carbons (Fsp3) is 0.316. The predicted molar refractivity (Wildman–Crippen MR) is 89.8 cm³/mol. The lowest BCUT2D eigenvalue weighted by Crippen LogP contribution is -2.54. The molecule has 0 saturated carbocycles. The van der Waals surface area contributed by atoms with Crippen LogP contribution in [0.2, 0.25) is 0 Å². The van der Waals surface area contributed by atoms with Crippen molar-refractivity contribution in [2.45, 2.75) is 12.5 Å². The van der Waals surface area contributed by atoms with Crippen molar-refractivity contribution in [3.8, 4) is 5.75 Å². The summed E-state index contributed by atoms with van der Waals surface area (Å²) in [5.74, 6) is -0.409. The zero-order chi connectivity index (χ0) is 16.5. The molecule has 124 valence electrons. The molecule has 2 aromatic carbocycles. The number of rotatable bonds is 3. The van der Waals surface area contributed by atoms with Crippen molar-refractivity contribution in [3.05, 3.63) is 59.9 Å². The topological polar surface area (TPSA) is 32.8 Å². The summed E-state index contributed by atoms with van der Waals surface area (Å²) in [5, 5.41) is 0. The number of hydrogen-bond acceptors (Lipinski definition) is 3. The monoisotopic (exact) mass is 326 g/mol. The van der Waals surface area contributed by atoms with Gasteiger partial charge < -0.3 is 14.5 Å². The predicted octanol–water partition coefficient (Wildman–Crippen LogP) is 2.48. The zero-order valence-corrected chi connectivity index (χ0v) is 13.3. The molecule has 2 heterocycles. The van der Waals surface area contributed by atoms with Crippen molar-refractivity contribution >= 4 is 11.6 Å². The van der Waals surface area contributed by atoms with Gasteiger partial charge in [0.1, 0.15) is 0 Å². The van der Waals surface area contributed by atoms with Crippen molar-refractivity contribution in [1.82, 2.24) is 4.90 Å². The number of carbonyl (C=O) groups excluding carboxylic acids is 1. The van der Waals surface area contributed by atoms with E-state index >= 15 is 0 Å². The third kappa shape index (κ3) is 2.70. The minimum absolute atomic E-state index is 0.0890. The molecule has 4 rings (SSSR count). The molecule has 2 aliphatic rings. The second kappa shape index (κ2) is 6.15. The Balaban J connectivity index is 1.37. The normalized spacial score (nSPS) is 19.0. The van der Waals surface area contributed by atoms with Gasteiger partial charge in [-0.3, -0.25) is 4.79 Å². The molecule has 0 aromatic heterocycles. The van der Waals surface area contributed by atoms with E-state index < -0.39 is 5.82 Å². The van der Waals surface area contributed by atoms with Crippen LogP contribution in [-0.2, 0) is 11.2 Å². The minimum atomic E-state index is -0.443. The molecule has 2 aliphatic heterocycles. The van der Waals surface area contributed by atoms with Crippen molar-refractivity contribution < 1.29 is 13.9 Å². The number of halogens is 1. The van der Waals surface area contributed by atoms with Crippen LogP contribution in [0, 0.1) is 5.82 Å². The highest BCUT2D eigenvalue weighted by Gasteiger charge is 2.35. The van der Waals surface area contributed by atoms with Gasteiger partial charge in [0.25, 0.3) is 5.91 Å². The van der Waals surface area contributed by atoms with Crippen LogP contribution >= 0.6 is 0 Å². The standard InChI is InChI=1S/C19H19FN2O2/c20-16-6-2-4-8-18(16)24-13-19(23)21-9-10-22-15(12-21)11-14-5-1-3-7-17(14)22/h1-8,15H,9-13H2. The van der Waals surface area contributed by atoms with E-state index in [-0.39, 0.29) is 18.3 Å². The van der Waals surface area contributed by atoms with E-state index in [1.54, 1.807) is 12.1 Å². The molecule has 2 aromatic rings. The minimum Gasteiger partial charge on any atom is -0.481 e. The van der Waals surface area contributed by atoms with Crippen molar-refractivity contribution in [2.75, 3.05) is 31.1 Å². The molecule has 0 radical (unpaired) electrons. The Hall–Kier alpha value is -2.56. The first-order valence-corrected chi connectivity index (χ1v) is 8.22. The van der Waals surface area contributed by atoms with Crippen LogP contribution in [0.3, 0.4) is 0 Å². The zero-order valence-electron chi connectivity index (χ0n) is 13.3. The molecule has 24 heavy (non-hydrogen) atoms. The Bertz CT molecular complexity index is 765. The van der Waals surface area contributed by atoms with Gasteiger partial charge in [0.2, 0.25) is 0 Å². The molecule has 5 heteroatoms. The van der Waals surface area contributed by atoms with Gasteiger partial charge in [0.05, 0.1) is 6.04 Å². The summed E-state index contributed by atoms with van der Waals surface area (Å²) >= 11 is 0. The number of anilines is 1. The van der Waals surface area contributed by atoms with Crippen LogP contribution in [0.25, 0.3) is 0 Å². The molecule has 4 nitrogen and oxygen atoms in total. The number of para-hydroxylation sites is 2. The summed E-state index contributed by atoms with van der Waals surface area (Å²) in [6, 6.07) is 14.9. The number of benzene rings is 2. The Kier molecular flexibility index (Phi) is 3.84. The number of amides is 1. The summed E-state index contributed by atoms with van der Waals surface area (Å²) in [6.45, 7) is 2.06. The van der Waals surface area contributed by atoms with E-state index in [1.165, 1.54) is 23.4 Å². The van der Waals surface area contributed by atoms with Gasteiger partial charge >= 0.3 is 0 Å². The third-order valence-corrected chi connectivity index (χ3v) is 4.78. The quantitative estimate of drug-likeness (QED) is 0.869. The Morgan fingerprint density at radius 2 is 1.92 bits per heavy atom. The SMILES string of the molecule is O=C(COc1ccccc1F)N1CCN2c3ccccc3CC2C1. The number of carbonyl (C=O) groups is 1. The lowest BCUT2D eigenvalue weighted by atomic mass is 10.1. The second-order valence-corrected chi connectivity index (χ2v) is 6.24. The lowest BCUT2D eigenvalue weighted by Gasteiger charge is -2.39. The molecule has 1 atom stereocenters. The van der Waals surface area contributed by atoms with Crippen LogP contribution in [0.4, 0.5) is 10.1 Å². The molecule has 0 aliphatic carbocycles. The van der Waals surface area contributed by atoms with Crippen molar-refractivity contribution in [3.63, 3.8) is 0 Å². The maximum Gasteiger partial charge on any atom is 0.260 e. The molecule has 0 bridgehead atoms. The Labute approximate surface area is 140 Å². The van der Waals surface area contributed by atoms with Gasteiger partial charge in [-0.2, -0.15) is 0 Å². The summed E-state index contributed by atoms with van der Waals surface area (Å²) in [7, 11) is 0. The smallest absolute Gasteiger partial charge is 0.260 e. The van der Waals surface area contributed by atoms with E-state index in [2.05, 4.69) is 29.2 Å². The number of nitrogens with zero attached hydrogens (tertiary/aromatic N) is 2. The third-order valence-electron chi connectivity index (χ3n) is 4.78. The molecular formula is C19H19FN2O2. The molecule has 0 N–H and O–H groups in total. The average molecular weight is 326 g/mol. The highest BCUT2D eigenvalue weighted by Crippen LogP contribution is 2.33. The highest BCUT2D eigenvalue weighted by atomic mass is 19.1. The van der Waals surface area contributed by atoms with E-state index in [9.17, 15) is 9.18 Å². The van der Waals surface area contributed by atoms with Gasteiger partial charge in [-0.15, -0.1) is 0 Å². The first-order valence-electron chi connectivity index (χ1n) is 8.22. The van der Waals surface area contributed by atoms with E-state index in [0.29, 0.717) is 19.1 Å². The van der Waals surface area contributed by atoms with E-state index in [4.69, 9.17) is 4.74 Å². The average Bonchev–Trinajstić information content (AvgIpc) is 2.98. The summed E-state index contributed by atoms with van der Waals surface area (Å²) in [5.41, 5.74) is 2.64. The molecule has 1 unspecified atom stereocenters. The Morgan fingerprint density at radius 3 is 2.79 bits per heavy atom. The van der Waals surface area contributed by atoms with Crippen LogP contribution in [-0.4, -0.2) is 43.1 Å². The molecule has 1 fully saturated rings. The first kappa shape index (κ1) is 15.0. The van der Waals surface area contributed by atoms with Gasteiger partial charge in [0, 0.05) is 25.3 Å². The van der Waals surface area contributed by atoms with Gasteiger partial charge in [0.15, 0.2) is 18.2 Å². The summed E-state index contributed by atoms with van der Waals surface area (Å²) in [4.78, 5) is 16.6. The maximum atomic E-state index is 13.6. The molecular weight excluding hydrogens is 307 g/mol. The van der Waals surface area contributed by atoms with E-state index in [1.807, 2.05) is 4.90 Å². The lowest BCUT2D eigenvalue weighted by molar-refractivity contribution is -0.134. The Morgan fingerprint density at radius 1 is 1.12 bits per heavy atom. The summed E-state index contributed by atoms with van der Waals surface area (Å²) in [6.07, 6.45) is 0.966. The summed E-state index contributed by atoms with van der Waals surface area (Å²) < 4.78 is 18.9. The van der Waals surface area contributed by atoms with Gasteiger partial charge in [-0.1, -0.05) is 30.3 Å². The van der Waals surface area contributed by atoms with Crippen LogP contribution < -0.4 is 9.64 Å². The highest BCUT2D eigenvalue weighted by molar-refractivity contribution is 5.78. The number of piperazine rings is 1. The second-order valence-electron chi connectivity index (χ2n) is 6.24. The van der Waals surface area contributed by atoms with Crippen LogP contribution in [0.1, 0.15) is 5.56 Å².